The molecular formula is C13H16F3NO2. The van der Waals surface area contributed by atoms with Gasteiger partial charge in [0.2, 0.25) is 0 Å². The predicted octanol–water partition coefficient (Wildman–Crippen LogP) is 3.37. The fourth-order valence-electron chi connectivity index (χ4n) is 2.49. The molecule has 0 heterocycles. The van der Waals surface area contributed by atoms with E-state index in [1.807, 2.05) is 13.8 Å². The molecule has 0 amide bonds. The van der Waals surface area contributed by atoms with Crippen LogP contribution >= 0.6 is 0 Å². The van der Waals surface area contributed by atoms with Crippen LogP contribution in [0.2, 0.25) is 0 Å². The van der Waals surface area contributed by atoms with Gasteiger partial charge in [0.25, 0.3) is 0 Å². The lowest BCUT2D eigenvalue weighted by molar-refractivity contribution is -0.203. The maximum absolute atomic E-state index is 12.1. The summed E-state index contributed by atoms with van der Waals surface area (Å²) < 4.78 is 40.9. The summed E-state index contributed by atoms with van der Waals surface area (Å²) in [7, 11) is 0. The minimum absolute atomic E-state index is 0.0412. The number of ether oxygens (including phenoxy) is 1. The van der Waals surface area contributed by atoms with Gasteiger partial charge in [-0.1, -0.05) is 19.9 Å². The molecule has 1 aliphatic rings. The van der Waals surface area contributed by atoms with Gasteiger partial charge in [0.15, 0.2) is 0 Å². The van der Waals surface area contributed by atoms with E-state index in [9.17, 15) is 18.0 Å². The molecule has 106 valence electrons. The Bertz CT molecular complexity index is 432. The smallest absolute Gasteiger partial charge is 0.451 e. The predicted molar refractivity (Wildman–Crippen MR) is 61.8 cm³/mol. The first-order valence-corrected chi connectivity index (χ1v) is 5.96. The van der Waals surface area contributed by atoms with E-state index in [4.69, 9.17) is 5.26 Å². The first kappa shape index (κ1) is 15.5. The first-order valence-electron chi connectivity index (χ1n) is 5.96. The fraction of sp³-hybridized carbons (Fsp3) is 0.692. The summed E-state index contributed by atoms with van der Waals surface area (Å²) in [4.78, 5) is 10.8. The standard InChI is InChI=1S/C13H16F3NO2/c1-8(19-11(18)13(14,15)16)10-5-4-9(6-7-17)12(10,2)3/h5,8-9H,4,6H2,1-3H3/t8?,9-/m1/s1. The van der Waals surface area contributed by atoms with Crippen molar-refractivity contribution in [3.05, 3.63) is 11.6 Å². The van der Waals surface area contributed by atoms with Gasteiger partial charge in [-0.3, -0.25) is 0 Å². The molecule has 6 heteroatoms. The molecule has 19 heavy (non-hydrogen) atoms. The summed E-state index contributed by atoms with van der Waals surface area (Å²) in [5, 5.41) is 8.73. The summed E-state index contributed by atoms with van der Waals surface area (Å²) in [6.07, 6.45) is -3.20. The van der Waals surface area contributed by atoms with E-state index in [0.717, 1.165) is 0 Å². The van der Waals surface area contributed by atoms with Crippen molar-refractivity contribution in [1.82, 2.24) is 0 Å². The van der Waals surface area contributed by atoms with E-state index in [1.54, 1.807) is 6.08 Å². The van der Waals surface area contributed by atoms with E-state index in [1.165, 1.54) is 6.92 Å². The van der Waals surface area contributed by atoms with E-state index in [2.05, 4.69) is 10.8 Å². The van der Waals surface area contributed by atoms with Gasteiger partial charge in [0, 0.05) is 6.42 Å². The minimum atomic E-state index is -4.98. The molecule has 0 N–H and O–H groups in total. The third kappa shape index (κ3) is 3.28. The fourth-order valence-corrected chi connectivity index (χ4v) is 2.49. The Labute approximate surface area is 110 Å². The number of halogens is 3. The number of allylic oxidation sites excluding steroid dienone is 1. The Morgan fingerprint density at radius 3 is 2.68 bits per heavy atom. The van der Waals surface area contributed by atoms with Gasteiger partial charge in [0.05, 0.1) is 6.07 Å². The molecule has 0 aromatic heterocycles. The number of hydrogen-bond donors (Lipinski definition) is 0. The second-order valence-electron chi connectivity index (χ2n) is 5.22. The molecule has 1 aliphatic carbocycles. The molecule has 1 rings (SSSR count). The van der Waals surface area contributed by atoms with Gasteiger partial charge in [-0.15, -0.1) is 0 Å². The lowest BCUT2D eigenvalue weighted by atomic mass is 9.74. The average Bonchev–Trinajstić information content (AvgIpc) is 2.53. The van der Waals surface area contributed by atoms with Gasteiger partial charge >= 0.3 is 12.1 Å². The monoisotopic (exact) mass is 275 g/mol. The Balaban J connectivity index is 2.77. The minimum Gasteiger partial charge on any atom is -0.451 e. The number of nitrogens with zero attached hydrogens (tertiary/aromatic N) is 1. The molecule has 0 bridgehead atoms. The van der Waals surface area contributed by atoms with Gasteiger partial charge in [-0.05, 0) is 30.3 Å². The highest BCUT2D eigenvalue weighted by molar-refractivity contribution is 5.76. The van der Waals surface area contributed by atoms with Crippen molar-refractivity contribution in [2.24, 2.45) is 11.3 Å². The van der Waals surface area contributed by atoms with Crippen LogP contribution in [0.5, 0.6) is 0 Å². The molecule has 0 aromatic carbocycles. The maximum atomic E-state index is 12.1. The zero-order valence-corrected chi connectivity index (χ0v) is 11.0. The molecule has 0 saturated carbocycles. The largest absolute Gasteiger partial charge is 0.490 e. The SMILES string of the molecule is CC(OC(=O)C(F)(F)F)C1=CC[C@H](CC#N)C1(C)C. The molecule has 0 radical (unpaired) electrons. The van der Waals surface area contributed by atoms with Gasteiger partial charge < -0.3 is 4.74 Å². The number of nitriles is 1. The zero-order chi connectivity index (χ0) is 14.8. The molecular weight excluding hydrogens is 259 g/mol. The summed E-state index contributed by atoms with van der Waals surface area (Å²) in [6, 6.07) is 2.07. The zero-order valence-electron chi connectivity index (χ0n) is 11.0. The lowest BCUT2D eigenvalue weighted by Gasteiger charge is -2.32. The Morgan fingerprint density at radius 1 is 1.63 bits per heavy atom. The van der Waals surface area contributed by atoms with E-state index in [-0.39, 0.29) is 5.92 Å². The Hall–Kier alpha value is -1.51. The molecule has 0 aliphatic heterocycles. The van der Waals surface area contributed by atoms with Crippen molar-refractivity contribution in [2.75, 3.05) is 0 Å². The first-order chi connectivity index (χ1) is 8.60. The quantitative estimate of drug-likeness (QED) is 0.586. The van der Waals surface area contributed by atoms with Gasteiger partial charge in [-0.2, -0.15) is 18.4 Å². The van der Waals surface area contributed by atoms with Crippen LogP contribution in [0.15, 0.2) is 11.6 Å². The summed E-state index contributed by atoms with van der Waals surface area (Å²) in [6.45, 7) is 5.13. The van der Waals surface area contributed by atoms with Crippen LogP contribution in [0.1, 0.15) is 33.6 Å². The van der Waals surface area contributed by atoms with Crippen LogP contribution < -0.4 is 0 Å². The molecule has 3 nitrogen and oxygen atoms in total. The van der Waals surface area contributed by atoms with Crippen molar-refractivity contribution < 1.29 is 22.7 Å². The molecule has 0 saturated heterocycles. The third-order valence-corrected chi connectivity index (χ3v) is 3.68. The second-order valence-corrected chi connectivity index (χ2v) is 5.22. The molecule has 2 atom stereocenters. The van der Waals surface area contributed by atoms with Crippen LogP contribution in [0.4, 0.5) is 13.2 Å². The Morgan fingerprint density at radius 2 is 2.21 bits per heavy atom. The van der Waals surface area contributed by atoms with Crippen molar-refractivity contribution >= 4 is 5.97 Å². The highest BCUT2D eigenvalue weighted by Crippen LogP contribution is 2.46. The van der Waals surface area contributed by atoms with Crippen LogP contribution in [-0.2, 0) is 9.53 Å². The van der Waals surface area contributed by atoms with Crippen LogP contribution in [-0.4, -0.2) is 18.2 Å². The van der Waals surface area contributed by atoms with Crippen molar-refractivity contribution in [3.63, 3.8) is 0 Å². The van der Waals surface area contributed by atoms with Crippen LogP contribution in [0, 0.1) is 22.7 Å². The Kier molecular flexibility index (Phi) is 4.28. The maximum Gasteiger partial charge on any atom is 0.490 e. The number of carbonyl (C=O) groups excluding carboxylic acids is 1. The average molecular weight is 275 g/mol. The third-order valence-electron chi connectivity index (χ3n) is 3.68. The normalized spacial score (nSPS) is 23.4. The van der Waals surface area contributed by atoms with E-state index < -0.39 is 23.7 Å². The summed E-state index contributed by atoms with van der Waals surface area (Å²) in [5.41, 5.74) is 0.200. The van der Waals surface area contributed by atoms with Crippen molar-refractivity contribution in [1.29, 1.82) is 5.26 Å². The molecule has 0 aromatic rings. The van der Waals surface area contributed by atoms with Crippen LogP contribution in [0.3, 0.4) is 0 Å². The number of esters is 1. The number of alkyl halides is 3. The van der Waals surface area contributed by atoms with E-state index in [0.29, 0.717) is 18.4 Å². The van der Waals surface area contributed by atoms with E-state index >= 15 is 0 Å². The molecule has 0 spiro atoms. The second kappa shape index (κ2) is 5.24. The topological polar surface area (TPSA) is 50.1 Å². The summed E-state index contributed by atoms with van der Waals surface area (Å²) in [5.74, 6) is -2.14. The number of carbonyl (C=O) groups is 1. The van der Waals surface area contributed by atoms with Gasteiger partial charge in [-0.25, -0.2) is 4.79 Å². The van der Waals surface area contributed by atoms with Crippen molar-refractivity contribution in [3.8, 4) is 6.07 Å². The number of rotatable bonds is 3. The number of hydrogen-bond acceptors (Lipinski definition) is 3. The highest BCUT2D eigenvalue weighted by Gasteiger charge is 2.45. The van der Waals surface area contributed by atoms with Gasteiger partial charge in [0.1, 0.15) is 6.10 Å². The summed E-state index contributed by atoms with van der Waals surface area (Å²) >= 11 is 0. The molecule has 0 fully saturated rings. The van der Waals surface area contributed by atoms with Crippen molar-refractivity contribution in [2.45, 2.75) is 45.9 Å². The molecule has 1 unspecified atom stereocenters. The lowest BCUT2D eigenvalue weighted by Crippen LogP contribution is -2.33. The highest BCUT2D eigenvalue weighted by atomic mass is 19.4. The van der Waals surface area contributed by atoms with Crippen LogP contribution in [0.25, 0.3) is 0 Å².